The molecule has 0 aliphatic carbocycles. The summed E-state index contributed by atoms with van der Waals surface area (Å²) in [5.41, 5.74) is 1.11. The van der Waals surface area contributed by atoms with Gasteiger partial charge < -0.3 is 10.2 Å². The number of nitrogens with one attached hydrogen (secondary N) is 1. The summed E-state index contributed by atoms with van der Waals surface area (Å²) >= 11 is 11.9. The molecule has 10 heteroatoms. The number of hydrogen-bond donors (Lipinski definition) is 1. The van der Waals surface area contributed by atoms with Crippen LogP contribution in [0.4, 0.5) is 15.8 Å². The van der Waals surface area contributed by atoms with E-state index in [2.05, 4.69) is 5.32 Å². The lowest BCUT2D eigenvalue weighted by Gasteiger charge is -2.35. The van der Waals surface area contributed by atoms with E-state index in [4.69, 9.17) is 23.2 Å². The van der Waals surface area contributed by atoms with Crippen molar-refractivity contribution in [2.75, 3.05) is 36.4 Å². The molecular formula is C23H20Cl2FN3O3S. The lowest BCUT2D eigenvalue weighted by molar-refractivity contribution is 0.102. The highest BCUT2D eigenvalue weighted by atomic mass is 35.5. The third-order valence-corrected chi connectivity index (χ3v) is 7.73. The summed E-state index contributed by atoms with van der Waals surface area (Å²) in [6.45, 7) is 1.48. The molecule has 3 aromatic carbocycles. The van der Waals surface area contributed by atoms with Gasteiger partial charge in [-0.3, -0.25) is 4.79 Å². The first-order valence-corrected chi connectivity index (χ1v) is 12.3. The fourth-order valence-electron chi connectivity index (χ4n) is 3.56. The van der Waals surface area contributed by atoms with Crippen LogP contribution in [-0.2, 0) is 10.0 Å². The first-order valence-electron chi connectivity index (χ1n) is 10.1. The van der Waals surface area contributed by atoms with Gasteiger partial charge in [-0.2, -0.15) is 4.31 Å². The van der Waals surface area contributed by atoms with Crippen molar-refractivity contribution in [3.63, 3.8) is 0 Å². The van der Waals surface area contributed by atoms with Gasteiger partial charge in [-0.05, 0) is 60.7 Å². The summed E-state index contributed by atoms with van der Waals surface area (Å²) in [5.74, 6) is -1.37. The number of amides is 1. The zero-order valence-electron chi connectivity index (χ0n) is 17.3. The minimum atomic E-state index is -3.89. The number of anilines is 2. The minimum absolute atomic E-state index is 0.111. The van der Waals surface area contributed by atoms with E-state index in [1.54, 1.807) is 18.2 Å². The monoisotopic (exact) mass is 507 g/mol. The second-order valence-electron chi connectivity index (χ2n) is 7.47. The molecule has 1 aliphatic heterocycles. The highest BCUT2D eigenvalue weighted by molar-refractivity contribution is 7.89. The number of piperazine rings is 1. The Balaban J connectivity index is 1.44. The van der Waals surface area contributed by atoms with Crippen molar-refractivity contribution < 1.29 is 17.6 Å². The topological polar surface area (TPSA) is 69.7 Å². The summed E-state index contributed by atoms with van der Waals surface area (Å²) in [5, 5.41) is 3.53. The highest BCUT2D eigenvalue weighted by Crippen LogP contribution is 2.26. The SMILES string of the molecule is O=C(Nc1ccc(S(=O)(=O)N2CCN(c3cccc(Cl)c3)CC2)cc1F)c1ccc(Cl)cc1. The van der Waals surface area contributed by atoms with Crippen LogP contribution < -0.4 is 10.2 Å². The van der Waals surface area contributed by atoms with Crippen molar-refractivity contribution in [2.24, 2.45) is 0 Å². The summed E-state index contributed by atoms with van der Waals surface area (Å²) in [6, 6.07) is 17.0. The molecule has 3 aromatic rings. The average Bonchev–Trinajstić information content (AvgIpc) is 2.81. The molecule has 0 aromatic heterocycles. The van der Waals surface area contributed by atoms with Crippen LogP contribution in [0.2, 0.25) is 10.0 Å². The Morgan fingerprint density at radius 3 is 2.21 bits per heavy atom. The van der Waals surface area contributed by atoms with Crippen molar-refractivity contribution in [3.05, 3.63) is 88.2 Å². The summed E-state index contributed by atoms with van der Waals surface area (Å²) < 4.78 is 42.1. The molecule has 1 heterocycles. The van der Waals surface area contributed by atoms with Crippen LogP contribution in [0.5, 0.6) is 0 Å². The molecule has 4 rings (SSSR count). The van der Waals surface area contributed by atoms with Gasteiger partial charge in [0.25, 0.3) is 5.91 Å². The standard InChI is InChI=1S/C23H20Cl2FN3O3S/c24-17-6-4-16(5-7-17)23(30)27-22-9-8-20(15-21(22)26)33(31,32)29-12-10-28(11-13-29)19-3-1-2-18(25)14-19/h1-9,14-15H,10-13H2,(H,27,30). The smallest absolute Gasteiger partial charge is 0.255 e. The zero-order chi connectivity index (χ0) is 23.6. The molecule has 172 valence electrons. The van der Waals surface area contributed by atoms with E-state index in [-0.39, 0.29) is 23.7 Å². The largest absolute Gasteiger partial charge is 0.369 e. The molecule has 0 saturated carbocycles. The predicted molar refractivity (Wildman–Crippen MR) is 128 cm³/mol. The normalized spacial score (nSPS) is 14.8. The molecule has 0 spiro atoms. The zero-order valence-corrected chi connectivity index (χ0v) is 19.7. The second-order valence-corrected chi connectivity index (χ2v) is 10.3. The van der Waals surface area contributed by atoms with Crippen LogP contribution in [0.3, 0.4) is 0 Å². The van der Waals surface area contributed by atoms with E-state index in [0.29, 0.717) is 28.7 Å². The molecule has 0 unspecified atom stereocenters. The summed E-state index contributed by atoms with van der Waals surface area (Å²) in [7, 11) is -3.89. The van der Waals surface area contributed by atoms with Crippen molar-refractivity contribution in [3.8, 4) is 0 Å². The van der Waals surface area contributed by atoms with Crippen LogP contribution in [0.15, 0.2) is 71.6 Å². The number of halogens is 3. The number of hydrogen-bond acceptors (Lipinski definition) is 4. The third kappa shape index (κ3) is 5.30. The molecule has 1 aliphatic rings. The minimum Gasteiger partial charge on any atom is -0.369 e. The maximum atomic E-state index is 14.7. The van der Waals surface area contributed by atoms with Crippen LogP contribution >= 0.6 is 23.2 Å². The van der Waals surface area contributed by atoms with Gasteiger partial charge in [0.05, 0.1) is 10.6 Å². The van der Waals surface area contributed by atoms with Gasteiger partial charge in [0.15, 0.2) is 0 Å². The molecule has 0 bridgehead atoms. The molecule has 33 heavy (non-hydrogen) atoms. The molecular weight excluding hydrogens is 488 g/mol. The van der Waals surface area contributed by atoms with Gasteiger partial charge in [-0.15, -0.1) is 0 Å². The van der Waals surface area contributed by atoms with Crippen molar-refractivity contribution in [1.82, 2.24) is 4.31 Å². The summed E-state index contributed by atoms with van der Waals surface area (Å²) in [4.78, 5) is 14.2. The second kappa shape index (κ2) is 9.69. The Hall–Kier alpha value is -2.65. The van der Waals surface area contributed by atoms with Crippen molar-refractivity contribution >= 4 is 50.5 Å². The maximum absolute atomic E-state index is 14.7. The van der Waals surface area contributed by atoms with E-state index in [0.717, 1.165) is 11.8 Å². The van der Waals surface area contributed by atoms with E-state index in [9.17, 15) is 17.6 Å². The van der Waals surface area contributed by atoms with Crippen molar-refractivity contribution in [2.45, 2.75) is 4.90 Å². The highest BCUT2D eigenvalue weighted by Gasteiger charge is 2.29. The molecule has 1 amide bonds. The van der Waals surface area contributed by atoms with E-state index in [1.165, 1.54) is 28.6 Å². The Morgan fingerprint density at radius 2 is 1.58 bits per heavy atom. The van der Waals surface area contributed by atoms with Gasteiger partial charge >= 0.3 is 0 Å². The number of nitrogens with zero attached hydrogens (tertiary/aromatic N) is 2. The van der Waals surface area contributed by atoms with Crippen LogP contribution in [0, 0.1) is 5.82 Å². The van der Waals surface area contributed by atoms with Crippen LogP contribution in [0.1, 0.15) is 10.4 Å². The molecule has 1 fully saturated rings. The number of sulfonamides is 1. The number of carbonyl (C=O) groups is 1. The Labute approximate surface area is 201 Å². The maximum Gasteiger partial charge on any atom is 0.255 e. The Kier molecular flexibility index (Phi) is 6.90. The molecule has 0 atom stereocenters. The number of rotatable bonds is 5. The van der Waals surface area contributed by atoms with Gasteiger partial charge in [-0.25, -0.2) is 12.8 Å². The van der Waals surface area contributed by atoms with E-state index >= 15 is 0 Å². The van der Waals surface area contributed by atoms with Gasteiger partial charge in [0, 0.05) is 47.5 Å². The Morgan fingerprint density at radius 1 is 0.879 bits per heavy atom. The van der Waals surface area contributed by atoms with Crippen LogP contribution in [0.25, 0.3) is 0 Å². The average molecular weight is 508 g/mol. The molecule has 0 radical (unpaired) electrons. The molecule has 1 saturated heterocycles. The number of carbonyl (C=O) groups excluding carboxylic acids is 1. The molecule has 1 N–H and O–H groups in total. The lowest BCUT2D eigenvalue weighted by atomic mass is 10.2. The molecule has 6 nitrogen and oxygen atoms in total. The summed E-state index contributed by atoms with van der Waals surface area (Å²) in [6.07, 6.45) is 0. The first-order chi connectivity index (χ1) is 15.7. The number of benzene rings is 3. The predicted octanol–water partition coefficient (Wildman–Crippen LogP) is 4.90. The first kappa shape index (κ1) is 23.5. The quantitative estimate of drug-likeness (QED) is 0.533. The van der Waals surface area contributed by atoms with E-state index in [1.807, 2.05) is 23.1 Å². The van der Waals surface area contributed by atoms with Crippen molar-refractivity contribution in [1.29, 1.82) is 0 Å². The van der Waals surface area contributed by atoms with Gasteiger partial charge in [0.1, 0.15) is 5.82 Å². The third-order valence-electron chi connectivity index (χ3n) is 5.34. The van der Waals surface area contributed by atoms with E-state index < -0.39 is 21.7 Å². The van der Waals surface area contributed by atoms with Gasteiger partial charge in [-0.1, -0.05) is 29.3 Å². The fraction of sp³-hybridized carbons (Fsp3) is 0.174. The Bertz CT molecular complexity index is 1280. The lowest BCUT2D eigenvalue weighted by Crippen LogP contribution is -2.48. The fourth-order valence-corrected chi connectivity index (χ4v) is 5.31. The van der Waals surface area contributed by atoms with Gasteiger partial charge in [0.2, 0.25) is 10.0 Å². The van der Waals surface area contributed by atoms with Crippen LogP contribution in [-0.4, -0.2) is 44.8 Å².